The number of nitrogens with one attached hydrogen (secondary N) is 1. The molecule has 4 nitrogen and oxygen atoms in total. The molecule has 2 rings (SSSR count). The lowest BCUT2D eigenvalue weighted by molar-refractivity contribution is -0.137. The van der Waals surface area contributed by atoms with Crippen molar-refractivity contribution in [3.8, 4) is 5.75 Å². The van der Waals surface area contributed by atoms with Gasteiger partial charge in [-0.2, -0.15) is 13.2 Å². The second-order valence-electron chi connectivity index (χ2n) is 6.02. The van der Waals surface area contributed by atoms with Crippen LogP contribution < -0.4 is 9.46 Å². The molecule has 0 fully saturated rings. The molecule has 0 saturated carbocycles. The maximum absolute atomic E-state index is 12.7. The maximum Gasteiger partial charge on any atom is 0.416 e. The minimum atomic E-state index is -4.42. The van der Waals surface area contributed by atoms with Crippen LogP contribution in [0.1, 0.15) is 30.9 Å². The number of rotatable bonds is 9. The summed E-state index contributed by atoms with van der Waals surface area (Å²) in [5.41, 5.74) is -0.339. The van der Waals surface area contributed by atoms with E-state index in [0.717, 1.165) is 25.0 Å². The maximum atomic E-state index is 12.7. The number of hydrogen-bond acceptors (Lipinski definition) is 3. The van der Waals surface area contributed by atoms with Crippen molar-refractivity contribution < 1.29 is 26.3 Å². The molecule has 8 heteroatoms. The number of sulfonamides is 1. The molecule has 0 aromatic heterocycles. The monoisotopic (exact) mass is 401 g/mol. The van der Waals surface area contributed by atoms with Crippen molar-refractivity contribution in [2.45, 2.75) is 37.3 Å². The molecule has 0 radical (unpaired) electrons. The molecule has 0 aliphatic carbocycles. The van der Waals surface area contributed by atoms with Crippen molar-refractivity contribution in [1.82, 2.24) is 4.72 Å². The summed E-state index contributed by atoms with van der Waals surface area (Å²) in [7, 11) is -3.74. The molecular weight excluding hydrogens is 379 g/mol. The largest absolute Gasteiger partial charge is 0.494 e. The molecule has 0 atom stereocenters. The van der Waals surface area contributed by atoms with Gasteiger partial charge in [0.1, 0.15) is 5.75 Å². The molecule has 2 aromatic carbocycles. The highest BCUT2D eigenvalue weighted by Crippen LogP contribution is 2.29. The Bertz CT molecular complexity index is 834. The van der Waals surface area contributed by atoms with Crippen LogP contribution in [0.5, 0.6) is 5.75 Å². The molecule has 0 aliphatic heterocycles. The Labute approximate surface area is 157 Å². The Morgan fingerprint density at radius 1 is 1.07 bits per heavy atom. The number of benzene rings is 2. The van der Waals surface area contributed by atoms with Gasteiger partial charge in [0.05, 0.1) is 17.1 Å². The molecule has 0 unspecified atom stereocenters. The highest BCUT2D eigenvalue weighted by molar-refractivity contribution is 7.89. The van der Waals surface area contributed by atoms with E-state index in [1.165, 1.54) is 24.3 Å². The first-order chi connectivity index (χ1) is 12.7. The summed E-state index contributed by atoms with van der Waals surface area (Å²) >= 11 is 0. The summed E-state index contributed by atoms with van der Waals surface area (Å²) in [6.07, 6.45) is -2.35. The van der Waals surface area contributed by atoms with E-state index in [2.05, 4.69) is 4.72 Å². The second kappa shape index (κ2) is 9.23. The van der Waals surface area contributed by atoms with Gasteiger partial charge in [-0.15, -0.1) is 0 Å². The van der Waals surface area contributed by atoms with Crippen molar-refractivity contribution in [3.63, 3.8) is 0 Å². The Morgan fingerprint density at radius 2 is 1.78 bits per heavy atom. The van der Waals surface area contributed by atoms with E-state index in [1.54, 1.807) is 12.1 Å². The van der Waals surface area contributed by atoms with Gasteiger partial charge in [0.15, 0.2) is 0 Å². The Morgan fingerprint density at radius 3 is 2.41 bits per heavy atom. The van der Waals surface area contributed by atoms with Crippen LogP contribution >= 0.6 is 0 Å². The van der Waals surface area contributed by atoms with Crippen LogP contribution in [0, 0.1) is 0 Å². The quantitative estimate of drug-likeness (QED) is 0.634. The van der Waals surface area contributed by atoms with Gasteiger partial charge in [-0.3, -0.25) is 0 Å². The van der Waals surface area contributed by atoms with Crippen LogP contribution in [0.15, 0.2) is 53.4 Å². The Hall–Kier alpha value is -2.06. The minimum absolute atomic E-state index is 0.00159. The molecule has 27 heavy (non-hydrogen) atoms. The smallest absolute Gasteiger partial charge is 0.416 e. The summed E-state index contributed by atoms with van der Waals surface area (Å²) in [4.78, 5) is 0.0781. The van der Waals surface area contributed by atoms with Crippen molar-refractivity contribution in [2.24, 2.45) is 0 Å². The van der Waals surface area contributed by atoms with Gasteiger partial charge < -0.3 is 4.74 Å². The molecular formula is C19H22F3NO3S. The zero-order valence-electron chi connectivity index (χ0n) is 14.9. The zero-order chi connectivity index (χ0) is 19.9. The minimum Gasteiger partial charge on any atom is -0.494 e. The van der Waals surface area contributed by atoms with Crippen LogP contribution in [-0.2, 0) is 22.6 Å². The van der Waals surface area contributed by atoms with Gasteiger partial charge in [0.25, 0.3) is 0 Å². The van der Waals surface area contributed by atoms with E-state index < -0.39 is 21.8 Å². The topological polar surface area (TPSA) is 55.4 Å². The predicted octanol–water partition coefficient (Wildman–Crippen LogP) is 4.41. The standard InChI is InChI=1S/C19H22F3NO3S/c1-2-3-13-26-17-7-9-18(10-8-17)27(24,25)23-12-11-15-5-4-6-16(14-15)19(20,21)22/h4-10,14,23H,2-3,11-13H2,1H3. The third-order valence-corrected chi connectivity index (χ3v) is 5.34. The number of halogens is 3. The molecule has 0 saturated heterocycles. The number of hydrogen-bond donors (Lipinski definition) is 1. The predicted molar refractivity (Wildman–Crippen MR) is 97.2 cm³/mol. The highest BCUT2D eigenvalue weighted by Gasteiger charge is 2.30. The van der Waals surface area contributed by atoms with Gasteiger partial charge in [-0.25, -0.2) is 13.1 Å². The lowest BCUT2D eigenvalue weighted by atomic mass is 10.1. The third kappa shape index (κ3) is 6.55. The number of unbranched alkanes of at least 4 members (excludes halogenated alkanes) is 1. The van der Waals surface area contributed by atoms with Gasteiger partial charge in [0.2, 0.25) is 10.0 Å². The first-order valence-electron chi connectivity index (χ1n) is 8.61. The molecule has 0 amide bonds. The van der Waals surface area contributed by atoms with E-state index in [0.29, 0.717) is 17.9 Å². The Kier molecular flexibility index (Phi) is 7.26. The lowest BCUT2D eigenvalue weighted by Gasteiger charge is -2.10. The normalized spacial score (nSPS) is 12.1. The lowest BCUT2D eigenvalue weighted by Crippen LogP contribution is -2.26. The van der Waals surface area contributed by atoms with E-state index in [4.69, 9.17) is 4.74 Å². The van der Waals surface area contributed by atoms with Crippen molar-refractivity contribution in [3.05, 3.63) is 59.7 Å². The summed E-state index contributed by atoms with van der Waals surface area (Å²) < 4.78 is 70.6. The summed E-state index contributed by atoms with van der Waals surface area (Å²) in [6, 6.07) is 10.9. The molecule has 0 heterocycles. The first kappa shape index (κ1) is 21.2. The number of ether oxygens (including phenoxy) is 1. The average molecular weight is 401 g/mol. The third-order valence-electron chi connectivity index (χ3n) is 3.86. The Balaban J connectivity index is 1.93. The fourth-order valence-electron chi connectivity index (χ4n) is 2.37. The average Bonchev–Trinajstić information content (AvgIpc) is 2.62. The van der Waals surface area contributed by atoms with Gasteiger partial charge in [0, 0.05) is 6.54 Å². The molecule has 0 aliphatic rings. The van der Waals surface area contributed by atoms with Crippen molar-refractivity contribution >= 4 is 10.0 Å². The SMILES string of the molecule is CCCCOc1ccc(S(=O)(=O)NCCc2cccc(C(F)(F)F)c2)cc1. The van der Waals surface area contributed by atoms with Crippen molar-refractivity contribution in [1.29, 1.82) is 0 Å². The van der Waals surface area contributed by atoms with E-state index in [1.807, 2.05) is 6.92 Å². The zero-order valence-corrected chi connectivity index (χ0v) is 15.7. The highest BCUT2D eigenvalue weighted by atomic mass is 32.2. The fraction of sp³-hybridized carbons (Fsp3) is 0.368. The molecule has 0 spiro atoms. The van der Waals surface area contributed by atoms with E-state index >= 15 is 0 Å². The summed E-state index contributed by atoms with van der Waals surface area (Å²) in [5, 5.41) is 0. The van der Waals surface area contributed by atoms with E-state index in [-0.39, 0.29) is 17.9 Å². The van der Waals surface area contributed by atoms with E-state index in [9.17, 15) is 21.6 Å². The van der Waals surface area contributed by atoms with Crippen LogP contribution in [0.25, 0.3) is 0 Å². The molecule has 0 bridgehead atoms. The van der Waals surface area contributed by atoms with Crippen LogP contribution in [0.3, 0.4) is 0 Å². The van der Waals surface area contributed by atoms with Gasteiger partial charge in [-0.1, -0.05) is 31.5 Å². The van der Waals surface area contributed by atoms with Crippen LogP contribution in [0.2, 0.25) is 0 Å². The fourth-order valence-corrected chi connectivity index (χ4v) is 3.40. The van der Waals surface area contributed by atoms with Crippen LogP contribution in [0.4, 0.5) is 13.2 Å². The summed E-state index contributed by atoms with van der Waals surface area (Å²) in [6.45, 7) is 2.61. The van der Waals surface area contributed by atoms with Crippen molar-refractivity contribution in [2.75, 3.05) is 13.2 Å². The van der Waals surface area contributed by atoms with Gasteiger partial charge in [-0.05, 0) is 48.7 Å². The molecule has 2 aromatic rings. The number of alkyl halides is 3. The van der Waals surface area contributed by atoms with Crippen LogP contribution in [-0.4, -0.2) is 21.6 Å². The molecule has 1 N–H and O–H groups in total. The first-order valence-corrected chi connectivity index (χ1v) is 10.1. The summed E-state index contributed by atoms with van der Waals surface area (Å²) in [5.74, 6) is 0.589. The molecule has 148 valence electrons. The van der Waals surface area contributed by atoms with Gasteiger partial charge >= 0.3 is 6.18 Å². The second-order valence-corrected chi connectivity index (χ2v) is 7.79.